The minimum absolute atomic E-state index is 0.667. The Morgan fingerprint density at radius 2 is 1.62 bits per heavy atom. The fourth-order valence-corrected chi connectivity index (χ4v) is 2.99. The van der Waals surface area contributed by atoms with Gasteiger partial charge in [-0.3, -0.25) is 0 Å². The van der Waals surface area contributed by atoms with E-state index in [9.17, 15) is 0 Å². The van der Waals surface area contributed by atoms with E-state index in [-0.39, 0.29) is 0 Å². The second-order valence-corrected chi connectivity index (χ2v) is 10.2. The summed E-state index contributed by atoms with van der Waals surface area (Å²) in [4.78, 5) is 0. The van der Waals surface area contributed by atoms with Gasteiger partial charge in [-0.1, -0.05) is 43.9 Å². The van der Waals surface area contributed by atoms with E-state index >= 15 is 0 Å². The largest absolute Gasteiger partial charge is 0.326 e. The van der Waals surface area contributed by atoms with Crippen LogP contribution in [0.1, 0.15) is 11.1 Å². The number of nitrogens with two attached hydrogens (primary N) is 1. The fourth-order valence-electron chi connectivity index (χ4n) is 1.50. The molecule has 0 amide bonds. The molecule has 0 radical (unpaired) electrons. The molecule has 2 N–H and O–H groups in total. The molecule has 1 rings (SSSR count). The molecule has 1 aromatic rings. The summed E-state index contributed by atoms with van der Waals surface area (Å²) >= 11 is 0. The molecule has 0 aliphatic carbocycles. The van der Waals surface area contributed by atoms with E-state index in [1.54, 1.807) is 0 Å². The summed E-state index contributed by atoms with van der Waals surface area (Å²) in [7, 11) is -1.00. The third-order valence-corrected chi connectivity index (χ3v) is 3.50. The van der Waals surface area contributed by atoms with Gasteiger partial charge in [0, 0.05) is 14.6 Å². The van der Waals surface area contributed by atoms with Gasteiger partial charge in [0.1, 0.15) is 0 Å². The smallest absolute Gasteiger partial charge is 0.0487 e. The Bertz CT molecular complexity index is 276. The molecule has 1 aromatic carbocycles. The molecule has 0 spiro atoms. The Hall–Kier alpha value is -0.603. The predicted molar refractivity (Wildman–Crippen MR) is 61.4 cm³/mol. The van der Waals surface area contributed by atoms with Crippen molar-refractivity contribution in [2.24, 2.45) is 5.73 Å². The number of benzene rings is 1. The Kier molecular flexibility index (Phi) is 3.28. The van der Waals surface area contributed by atoms with Crippen LogP contribution >= 0.6 is 0 Å². The quantitative estimate of drug-likeness (QED) is 0.734. The zero-order valence-electron chi connectivity index (χ0n) is 8.80. The van der Waals surface area contributed by atoms with Gasteiger partial charge in [0.2, 0.25) is 0 Å². The third-order valence-electron chi connectivity index (χ3n) is 2.06. The highest BCUT2D eigenvalue weighted by Gasteiger charge is 2.15. The highest BCUT2D eigenvalue weighted by atomic mass is 28.3. The van der Waals surface area contributed by atoms with Gasteiger partial charge in [0.25, 0.3) is 0 Å². The molecule has 2 heteroatoms. The Labute approximate surface area is 82.0 Å². The average molecular weight is 193 g/mol. The van der Waals surface area contributed by atoms with E-state index in [1.165, 1.54) is 17.2 Å². The van der Waals surface area contributed by atoms with Crippen LogP contribution in [0.3, 0.4) is 0 Å². The monoisotopic (exact) mass is 193 g/mol. The first-order chi connectivity index (χ1) is 6.03. The predicted octanol–water partition coefficient (Wildman–Crippen LogP) is 2.57. The minimum Gasteiger partial charge on any atom is -0.326 e. The summed E-state index contributed by atoms with van der Waals surface area (Å²) in [5.74, 6) is 0. The second-order valence-electron chi connectivity index (χ2n) is 4.71. The average Bonchev–Trinajstić information content (AvgIpc) is 2.02. The Morgan fingerprint density at radius 1 is 1.08 bits per heavy atom. The van der Waals surface area contributed by atoms with E-state index in [2.05, 4.69) is 43.9 Å². The summed E-state index contributed by atoms with van der Waals surface area (Å²) in [6.45, 7) is 7.83. The van der Waals surface area contributed by atoms with Crippen LogP contribution < -0.4 is 5.73 Å². The molecule has 0 atom stereocenters. The molecule has 0 unspecified atom stereocenters. The number of hydrogen-bond acceptors (Lipinski definition) is 1. The third kappa shape index (κ3) is 3.33. The van der Waals surface area contributed by atoms with Gasteiger partial charge in [-0.05, 0) is 17.2 Å². The van der Waals surface area contributed by atoms with Crippen LogP contribution in [0.5, 0.6) is 0 Å². The van der Waals surface area contributed by atoms with E-state index in [0.29, 0.717) is 6.54 Å². The lowest BCUT2D eigenvalue weighted by Crippen LogP contribution is -2.24. The topological polar surface area (TPSA) is 26.0 Å². The van der Waals surface area contributed by atoms with Crippen LogP contribution in [0.15, 0.2) is 24.3 Å². The van der Waals surface area contributed by atoms with Crippen LogP contribution in [-0.4, -0.2) is 8.07 Å². The zero-order valence-corrected chi connectivity index (χ0v) is 9.80. The lowest BCUT2D eigenvalue weighted by molar-refractivity contribution is 1.04. The molecule has 0 heterocycles. The second kappa shape index (κ2) is 4.07. The van der Waals surface area contributed by atoms with Crippen LogP contribution in [0.25, 0.3) is 0 Å². The molecule has 0 aromatic heterocycles. The van der Waals surface area contributed by atoms with Gasteiger partial charge in [-0.15, -0.1) is 0 Å². The van der Waals surface area contributed by atoms with Crippen molar-refractivity contribution >= 4 is 8.07 Å². The van der Waals surface area contributed by atoms with Crippen molar-refractivity contribution in [3.05, 3.63) is 35.4 Å². The van der Waals surface area contributed by atoms with Gasteiger partial charge in [-0.2, -0.15) is 0 Å². The van der Waals surface area contributed by atoms with Gasteiger partial charge in [0.05, 0.1) is 0 Å². The molecule has 72 valence electrons. The van der Waals surface area contributed by atoms with Crippen molar-refractivity contribution in [1.29, 1.82) is 0 Å². The molecule has 13 heavy (non-hydrogen) atoms. The summed E-state index contributed by atoms with van der Waals surface area (Å²) < 4.78 is 0. The Balaban J connectivity index is 2.87. The Morgan fingerprint density at radius 3 is 2.08 bits per heavy atom. The van der Waals surface area contributed by atoms with Crippen molar-refractivity contribution in [3.8, 4) is 0 Å². The zero-order chi connectivity index (χ0) is 9.90. The normalized spacial score (nSPS) is 11.7. The van der Waals surface area contributed by atoms with E-state index < -0.39 is 8.07 Å². The first-order valence-corrected chi connectivity index (χ1v) is 8.50. The summed E-state index contributed by atoms with van der Waals surface area (Å²) in [6.07, 6.45) is 0. The van der Waals surface area contributed by atoms with Crippen LogP contribution in [-0.2, 0) is 12.6 Å². The van der Waals surface area contributed by atoms with Crippen molar-refractivity contribution in [2.75, 3.05) is 0 Å². The van der Waals surface area contributed by atoms with Gasteiger partial charge >= 0.3 is 0 Å². The maximum absolute atomic E-state index is 5.68. The number of rotatable bonds is 3. The summed E-state index contributed by atoms with van der Waals surface area (Å²) in [5, 5.41) is 0. The van der Waals surface area contributed by atoms with Crippen molar-refractivity contribution in [2.45, 2.75) is 32.2 Å². The lowest BCUT2D eigenvalue weighted by atomic mass is 10.1. The van der Waals surface area contributed by atoms with Crippen molar-refractivity contribution in [1.82, 2.24) is 0 Å². The number of hydrogen-bond donors (Lipinski definition) is 1. The molecule has 0 aliphatic heterocycles. The molecule has 0 aliphatic rings. The standard InChI is InChI=1S/C11H19NSi/c1-13(2,3)9-11-7-5-4-6-10(11)8-12/h4-7H,8-9,12H2,1-3H3. The molecule has 0 bridgehead atoms. The summed E-state index contributed by atoms with van der Waals surface area (Å²) in [5.41, 5.74) is 8.44. The van der Waals surface area contributed by atoms with Gasteiger partial charge in [-0.25, -0.2) is 0 Å². The van der Waals surface area contributed by atoms with E-state index in [4.69, 9.17) is 5.73 Å². The molecule has 1 nitrogen and oxygen atoms in total. The van der Waals surface area contributed by atoms with Gasteiger partial charge in [0.15, 0.2) is 0 Å². The molecular weight excluding hydrogens is 174 g/mol. The molecule has 0 saturated heterocycles. The van der Waals surface area contributed by atoms with E-state index in [1.807, 2.05) is 0 Å². The first-order valence-electron chi connectivity index (χ1n) is 4.80. The SMILES string of the molecule is C[Si](C)(C)Cc1ccccc1CN. The fraction of sp³-hybridized carbons (Fsp3) is 0.455. The maximum Gasteiger partial charge on any atom is 0.0487 e. The lowest BCUT2D eigenvalue weighted by Gasteiger charge is -2.17. The van der Waals surface area contributed by atoms with Crippen molar-refractivity contribution in [3.63, 3.8) is 0 Å². The summed E-state index contributed by atoms with van der Waals surface area (Å²) in [6, 6.07) is 9.75. The minimum atomic E-state index is -1.00. The van der Waals surface area contributed by atoms with Crippen LogP contribution in [0, 0.1) is 0 Å². The highest BCUT2D eigenvalue weighted by Crippen LogP contribution is 2.15. The molecule has 0 saturated carbocycles. The molecule has 0 fully saturated rings. The highest BCUT2D eigenvalue weighted by molar-refractivity contribution is 6.75. The first kappa shape index (κ1) is 10.5. The van der Waals surface area contributed by atoms with Crippen molar-refractivity contribution < 1.29 is 0 Å². The molecular formula is C11H19NSi. The van der Waals surface area contributed by atoms with Gasteiger partial charge < -0.3 is 5.73 Å². The van der Waals surface area contributed by atoms with E-state index in [0.717, 1.165) is 0 Å². The maximum atomic E-state index is 5.68. The van der Waals surface area contributed by atoms with Crippen LogP contribution in [0.2, 0.25) is 19.6 Å². The van der Waals surface area contributed by atoms with Crippen LogP contribution in [0.4, 0.5) is 0 Å².